The summed E-state index contributed by atoms with van der Waals surface area (Å²) in [6.45, 7) is 8.39. The van der Waals surface area contributed by atoms with Gasteiger partial charge in [-0.15, -0.1) is 11.3 Å². The lowest BCUT2D eigenvalue weighted by Gasteiger charge is -2.34. The van der Waals surface area contributed by atoms with Gasteiger partial charge in [0.15, 0.2) is 5.06 Å². The number of aliphatic hydroxyl groups excluding tert-OH is 2. The summed E-state index contributed by atoms with van der Waals surface area (Å²) in [7, 11) is 0. The summed E-state index contributed by atoms with van der Waals surface area (Å²) in [6.07, 6.45) is -2.69. The number of hydrogen-bond acceptors (Lipinski definition) is 9. The Morgan fingerprint density at radius 1 is 1.29 bits per heavy atom. The fourth-order valence-corrected chi connectivity index (χ4v) is 5.24. The zero-order chi connectivity index (χ0) is 26.1. The maximum absolute atomic E-state index is 13.1. The summed E-state index contributed by atoms with van der Waals surface area (Å²) in [6, 6.07) is 0. The van der Waals surface area contributed by atoms with Crippen molar-refractivity contribution in [2.24, 2.45) is 11.3 Å². The number of epoxide rings is 1. The molecular formula is C24H33Cl2NO7S. The molecule has 2 aliphatic rings. The Hall–Kier alpha value is -1.07. The van der Waals surface area contributed by atoms with E-state index >= 15 is 0 Å². The molecule has 0 saturated carbocycles. The number of hydrogen-bond donors (Lipinski definition) is 2. The lowest BCUT2D eigenvalue weighted by Crippen LogP contribution is -2.47. The van der Waals surface area contributed by atoms with E-state index in [1.165, 1.54) is 11.3 Å². The van der Waals surface area contributed by atoms with Crippen molar-refractivity contribution in [2.45, 2.75) is 89.5 Å². The number of ether oxygens (including phenoxy) is 3. The molecule has 0 aromatic carbocycles. The van der Waals surface area contributed by atoms with Crippen molar-refractivity contribution in [1.29, 1.82) is 0 Å². The topological polar surface area (TPSA) is 118 Å². The van der Waals surface area contributed by atoms with Gasteiger partial charge in [0, 0.05) is 24.1 Å². The number of esters is 1. The minimum Gasteiger partial charge on any atom is -0.456 e. The second-order valence-corrected chi connectivity index (χ2v) is 12.0. The van der Waals surface area contributed by atoms with Crippen LogP contribution in [0, 0.1) is 18.3 Å². The molecule has 35 heavy (non-hydrogen) atoms. The molecular weight excluding hydrogens is 517 g/mol. The van der Waals surface area contributed by atoms with Crippen molar-refractivity contribution in [1.82, 2.24) is 4.98 Å². The Kier molecular flexibility index (Phi) is 9.06. The molecule has 2 N–H and O–H groups in total. The molecule has 3 heterocycles. The van der Waals surface area contributed by atoms with Crippen LogP contribution in [0.3, 0.4) is 0 Å². The number of aliphatic hydroxyl groups is 2. The number of Topliss-reactive ketones (excluding diaryl/α,β-unsaturated/α-hetero) is 1. The molecule has 2 fully saturated rings. The molecule has 3 rings (SSSR count). The molecule has 0 spiro atoms. The van der Waals surface area contributed by atoms with E-state index in [-0.39, 0.29) is 23.8 Å². The highest BCUT2D eigenvalue weighted by atomic mass is 35.5. The Bertz CT molecular complexity index is 967. The highest BCUT2D eigenvalue weighted by Crippen LogP contribution is 2.47. The average Bonchev–Trinajstić information content (AvgIpc) is 3.22. The smallest absolute Gasteiger partial charge is 0.309 e. The van der Waals surface area contributed by atoms with Gasteiger partial charge in [-0.05, 0) is 19.9 Å². The predicted octanol–water partition coefficient (Wildman–Crippen LogP) is 3.82. The van der Waals surface area contributed by atoms with Gasteiger partial charge in [-0.25, -0.2) is 4.98 Å². The van der Waals surface area contributed by atoms with Crippen LogP contribution in [0.5, 0.6) is 0 Å². The first-order valence-electron chi connectivity index (χ1n) is 11.6. The van der Waals surface area contributed by atoms with Crippen molar-refractivity contribution in [2.75, 3.05) is 6.61 Å². The SMILES string of the molecule is Cc1nc(C=C(Cl)[C@@H]2C[C@H]3O[C@@]3(Cl)CCO[C@@H](C)[C@@H](O)[C@@H](C)C(=O)C(C)(C)[C@@H](O)CC(=O)O2)cs1. The number of cyclic esters (lactones) is 1. The summed E-state index contributed by atoms with van der Waals surface area (Å²) in [4.78, 5) is 30.3. The molecule has 0 unspecified atom stereocenters. The maximum Gasteiger partial charge on any atom is 0.309 e. The van der Waals surface area contributed by atoms with Crippen LogP contribution in [-0.4, -0.2) is 69.1 Å². The zero-order valence-electron chi connectivity index (χ0n) is 20.5. The number of halogens is 2. The second-order valence-electron chi connectivity index (χ2n) is 9.84. The van der Waals surface area contributed by atoms with Gasteiger partial charge in [-0.2, -0.15) is 0 Å². The van der Waals surface area contributed by atoms with Crippen molar-refractivity contribution in [3.05, 3.63) is 21.1 Å². The largest absolute Gasteiger partial charge is 0.456 e. The predicted molar refractivity (Wildman–Crippen MR) is 133 cm³/mol. The molecule has 196 valence electrons. The van der Waals surface area contributed by atoms with E-state index in [0.29, 0.717) is 12.1 Å². The van der Waals surface area contributed by atoms with E-state index in [9.17, 15) is 19.8 Å². The number of ketones is 1. The monoisotopic (exact) mass is 549 g/mol. The van der Waals surface area contributed by atoms with Crippen LogP contribution in [0.25, 0.3) is 6.08 Å². The summed E-state index contributed by atoms with van der Waals surface area (Å²) < 4.78 is 17.1. The van der Waals surface area contributed by atoms with E-state index in [1.807, 2.05) is 12.3 Å². The van der Waals surface area contributed by atoms with Gasteiger partial charge >= 0.3 is 5.97 Å². The van der Waals surface area contributed by atoms with Gasteiger partial charge in [-0.1, -0.05) is 44.0 Å². The number of nitrogens with zero attached hydrogens (tertiary/aromatic N) is 1. The Labute approximate surface area is 219 Å². The molecule has 1 aromatic heterocycles. The van der Waals surface area contributed by atoms with Crippen LogP contribution < -0.4 is 0 Å². The number of carbonyl (C=O) groups is 2. The summed E-state index contributed by atoms with van der Waals surface area (Å²) in [5, 5.41) is 23.4. The molecule has 0 radical (unpaired) electrons. The first-order valence-corrected chi connectivity index (χ1v) is 13.3. The van der Waals surface area contributed by atoms with Crippen molar-refractivity contribution in [3.8, 4) is 0 Å². The first kappa shape index (κ1) is 28.5. The van der Waals surface area contributed by atoms with Crippen LogP contribution >= 0.6 is 34.5 Å². The zero-order valence-corrected chi connectivity index (χ0v) is 22.8. The van der Waals surface area contributed by atoms with Gasteiger partial charge in [0.25, 0.3) is 0 Å². The Balaban J connectivity index is 1.85. The normalized spacial score (nSPS) is 37.5. The Morgan fingerprint density at radius 2 is 1.97 bits per heavy atom. The fraction of sp³-hybridized carbons (Fsp3) is 0.708. The highest BCUT2D eigenvalue weighted by molar-refractivity contribution is 7.09. The quantitative estimate of drug-likeness (QED) is 0.324. The van der Waals surface area contributed by atoms with E-state index < -0.39 is 59.3 Å². The molecule has 0 bridgehead atoms. The second kappa shape index (κ2) is 11.1. The summed E-state index contributed by atoms with van der Waals surface area (Å²) >= 11 is 14.6. The van der Waals surface area contributed by atoms with Crippen molar-refractivity contribution in [3.63, 3.8) is 0 Å². The van der Waals surface area contributed by atoms with Crippen LogP contribution in [0.2, 0.25) is 0 Å². The summed E-state index contributed by atoms with van der Waals surface area (Å²) in [5.41, 5.74) is -0.676. The van der Waals surface area contributed by atoms with Crippen LogP contribution in [0.1, 0.15) is 57.7 Å². The lowest BCUT2D eigenvalue weighted by molar-refractivity contribution is -0.155. The van der Waals surface area contributed by atoms with Crippen LogP contribution in [0.15, 0.2) is 10.4 Å². The molecule has 2 aliphatic heterocycles. The molecule has 0 amide bonds. The van der Waals surface area contributed by atoms with E-state index in [0.717, 1.165) is 5.01 Å². The van der Waals surface area contributed by atoms with Gasteiger partial charge in [0.1, 0.15) is 18.0 Å². The molecule has 8 nitrogen and oxygen atoms in total. The van der Waals surface area contributed by atoms with Crippen molar-refractivity contribution >= 4 is 52.4 Å². The molecule has 11 heteroatoms. The third-order valence-electron chi connectivity index (χ3n) is 6.75. The minimum absolute atomic E-state index is 0.192. The lowest BCUT2D eigenvalue weighted by atomic mass is 9.74. The Morgan fingerprint density at radius 3 is 2.60 bits per heavy atom. The van der Waals surface area contributed by atoms with Gasteiger partial charge in [-0.3, -0.25) is 9.59 Å². The van der Waals surface area contributed by atoms with E-state index in [1.54, 1.807) is 33.8 Å². The minimum atomic E-state index is -1.34. The van der Waals surface area contributed by atoms with Gasteiger partial charge in [0.2, 0.25) is 0 Å². The van der Waals surface area contributed by atoms with Crippen LogP contribution in [0.4, 0.5) is 0 Å². The number of aryl methyl sites for hydroxylation is 1. The highest BCUT2D eigenvalue weighted by Gasteiger charge is 2.56. The number of alkyl halides is 1. The summed E-state index contributed by atoms with van der Waals surface area (Å²) in [5.74, 6) is -1.94. The third-order valence-corrected chi connectivity index (χ3v) is 8.42. The number of rotatable bonds is 2. The van der Waals surface area contributed by atoms with Crippen LogP contribution in [-0.2, 0) is 23.8 Å². The van der Waals surface area contributed by atoms with E-state index in [2.05, 4.69) is 4.98 Å². The number of fused-ring (bicyclic) bond motifs is 1. The standard InChI is InChI=1S/C24H33Cl2NO7S/c1-12-21(30)13(2)32-7-6-24(26)19(34-24)9-17(16(25)8-15-11-35-14(3)27-15)33-20(29)10-18(28)23(4,5)22(12)31/h8,11-13,17-19,21,28,30H,6-7,9-10H2,1-5H3/t12-,13+,17+,18+,19-,21+,24+/m1/s1. The first-order chi connectivity index (χ1) is 16.2. The fourth-order valence-electron chi connectivity index (χ4n) is 4.15. The number of aromatic nitrogens is 1. The number of carbonyl (C=O) groups excluding carboxylic acids is 2. The van der Waals surface area contributed by atoms with E-state index in [4.69, 9.17) is 37.4 Å². The van der Waals surface area contributed by atoms with Crippen molar-refractivity contribution < 1.29 is 34.0 Å². The maximum atomic E-state index is 13.1. The number of thiazole rings is 1. The van der Waals surface area contributed by atoms with Gasteiger partial charge < -0.3 is 24.4 Å². The van der Waals surface area contributed by atoms with Gasteiger partial charge in [0.05, 0.1) is 52.5 Å². The average molecular weight is 551 g/mol. The molecule has 2 saturated heterocycles. The molecule has 7 atom stereocenters. The molecule has 1 aromatic rings. The third kappa shape index (κ3) is 6.83. The molecule has 0 aliphatic carbocycles.